The highest BCUT2D eigenvalue weighted by molar-refractivity contribution is 5.97. The standard InChI is InChI=1S/C24H16FN3O5/c25-15-6-8-16(9-7-15)28-21(26-18-4-2-1-3-17(18)23(28)30)12-33-24(31)14-5-10-19-20(11-14)32-13-22(29)27-19/h1-11H,12-13H2,(H,27,29). The van der Waals surface area contributed by atoms with Gasteiger partial charge in [-0.25, -0.2) is 14.2 Å². The topological polar surface area (TPSA) is 99.5 Å². The second-order valence-corrected chi connectivity index (χ2v) is 7.29. The zero-order valence-electron chi connectivity index (χ0n) is 17.1. The highest BCUT2D eigenvalue weighted by Gasteiger charge is 2.20. The summed E-state index contributed by atoms with van der Waals surface area (Å²) in [4.78, 5) is 41.8. The van der Waals surface area contributed by atoms with Crippen LogP contribution in [-0.4, -0.2) is 28.0 Å². The average molecular weight is 445 g/mol. The Morgan fingerprint density at radius 3 is 2.70 bits per heavy atom. The van der Waals surface area contributed by atoms with Crippen LogP contribution >= 0.6 is 0 Å². The van der Waals surface area contributed by atoms with Crippen molar-refractivity contribution in [1.29, 1.82) is 0 Å². The Bertz CT molecular complexity index is 1460. The number of aromatic nitrogens is 2. The normalized spacial score (nSPS) is 12.6. The first-order valence-corrected chi connectivity index (χ1v) is 10.00. The zero-order valence-corrected chi connectivity index (χ0v) is 17.1. The Hall–Kier alpha value is -4.53. The molecule has 0 radical (unpaired) electrons. The van der Waals surface area contributed by atoms with Gasteiger partial charge in [0.15, 0.2) is 12.4 Å². The van der Waals surface area contributed by atoms with Crippen LogP contribution in [0.4, 0.5) is 10.1 Å². The average Bonchev–Trinajstić information content (AvgIpc) is 2.83. The van der Waals surface area contributed by atoms with Gasteiger partial charge in [0.05, 0.1) is 27.8 Å². The summed E-state index contributed by atoms with van der Waals surface area (Å²) in [5, 5.41) is 3.03. The van der Waals surface area contributed by atoms with Crippen molar-refractivity contribution in [2.24, 2.45) is 0 Å². The summed E-state index contributed by atoms with van der Waals surface area (Å²) in [5.74, 6) is -0.846. The van der Waals surface area contributed by atoms with Crippen molar-refractivity contribution < 1.29 is 23.5 Å². The van der Waals surface area contributed by atoms with Gasteiger partial charge in [-0.15, -0.1) is 0 Å². The van der Waals surface area contributed by atoms with E-state index in [1.807, 2.05) is 0 Å². The van der Waals surface area contributed by atoms with Crippen molar-refractivity contribution in [3.63, 3.8) is 0 Å². The Labute approximate surface area is 186 Å². The molecule has 164 valence electrons. The van der Waals surface area contributed by atoms with Crippen molar-refractivity contribution in [2.45, 2.75) is 6.61 Å². The predicted molar refractivity (Wildman–Crippen MR) is 117 cm³/mol. The number of nitrogens with zero attached hydrogens (tertiary/aromatic N) is 2. The molecule has 2 heterocycles. The second kappa shape index (κ2) is 8.19. The van der Waals surface area contributed by atoms with Crippen LogP contribution < -0.4 is 15.6 Å². The third kappa shape index (κ3) is 3.91. The molecule has 0 unspecified atom stereocenters. The number of carbonyl (C=O) groups excluding carboxylic acids is 2. The fourth-order valence-corrected chi connectivity index (χ4v) is 3.55. The van der Waals surface area contributed by atoms with Gasteiger partial charge in [0.2, 0.25) is 0 Å². The van der Waals surface area contributed by atoms with Crippen LogP contribution in [0, 0.1) is 5.82 Å². The molecule has 0 spiro atoms. The first-order chi connectivity index (χ1) is 16.0. The number of nitrogens with one attached hydrogen (secondary N) is 1. The van der Waals surface area contributed by atoms with Crippen molar-refractivity contribution in [2.75, 3.05) is 11.9 Å². The van der Waals surface area contributed by atoms with Crippen LogP contribution in [0.2, 0.25) is 0 Å². The van der Waals surface area contributed by atoms with E-state index in [2.05, 4.69) is 10.3 Å². The van der Waals surface area contributed by atoms with E-state index < -0.39 is 11.8 Å². The summed E-state index contributed by atoms with van der Waals surface area (Å²) in [6.07, 6.45) is 0. The van der Waals surface area contributed by atoms with Crippen LogP contribution in [-0.2, 0) is 16.1 Å². The largest absolute Gasteiger partial charge is 0.482 e. The molecule has 0 atom stereocenters. The lowest BCUT2D eigenvalue weighted by Crippen LogP contribution is -2.26. The third-order valence-electron chi connectivity index (χ3n) is 5.11. The molecule has 8 nitrogen and oxygen atoms in total. The summed E-state index contributed by atoms with van der Waals surface area (Å²) in [7, 11) is 0. The number of para-hydroxylation sites is 1. The zero-order chi connectivity index (χ0) is 22.9. The number of ether oxygens (including phenoxy) is 2. The highest BCUT2D eigenvalue weighted by Crippen LogP contribution is 2.29. The van der Waals surface area contributed by atoms with E-state index in [9.17, 15) is 18.8 Å². The molecule has 1 aliphatic heterocycles. The molecule has 1 aliphatic rings. The number of carbonyl (C=O) groups is 2. The number of fused-ring (bicyclic) bond motifs is 2. The van der Waals surface area contributed by atoms with Crippen molar-refractivity contribution in [3.8, 4) is 11.4 Å². The van der Waals surface area contributed by atoms with Crippen molar-refractivity contribution in [1.82, 2.24) is 9.55 Å². The number of anilines is 1. The van der Waals surface area contributed by atoms with E-state index in [4.69, 9.17) is 9.47 Å². The molecule has 0 saturated carbocycles. The first-order valence-electron chi connectivity index (χ1n) is 10.00. The quantitative estimate of drug-likeness (QED) is 0.485. The molecule has 4 aromatic rings. The van der Waals surface area contributed by atoms with E-state index in [-0.39, 0.29) is 36.1 Å². The molecule has 0 fully saturated rings. The summed E-state index contributed by atoms with van der Waals surface area (Å²) in [5.41, 5.74) is 1.15. The fourth-order valence-electron chi connectivity index (χ4n) is 3.55. The Morgan fingerprint density at radius 1 is 1.09 bits per heavy atom. The SMILES string of the molecule is O=C1COc2cc(C(=O)OCc3nc4ccccc4c(=O)n3-c3ccc(F)cc3)ccc2N1. The number of rotatable bonds is 4. The van der Waals surface area contributed by atoms with Gasteiger partial charge in [0.1, 0.15) is 18.2 Å². The van der Waals surface area contributed by atoms with Gasteiger partial charge in [-0.2, -0.15) is 0 Å². The van der Waals surface area contributed by atoms with Crippen molar-refractivity contribution in [3.05, 3.63) is 94.3 Å². The van der Waals surface area contributed by atoms with Crippen molar-refractivity contribution >= 4 is 28.5 Å². The first kappa shape index (κ1) is 20.4. The van der Waals surface area contributed by atoms with Gasteiger partial charge in [-0.1, -0.05) is 12.1 Å². The maximum absolute atomic E-state index is 13.4. The number of halogens is 1. The summed E-state index contributed by atoms with van der Waals surface area (Å²) >= 11 is 0. The minimum absolute atomic E-state index is 0.142. The lowest BCUT2D eigenvalue weighted by Gasteiger charge is -2.18. The number of benzene rings is 3. The smallest absolute Gasteiger partial charge is 0.338 e. The van der Waals surface area contributed by atoms with Gasteiger partial charge in [0, 0.05) is 0 Å². The van der Waals surface area contributed by atoms with Gasteiger partial charge < -0.3 is 14.8 Å². The number of amides is 1. The fraction of sp³-hybridized carbons (Fsp3) is 0.0833. The van der Waals surface area contributed by atoms with E-state index in [0.29, 0.717) is 28.0 Å². The molecule has 33 heavy (non-hydrogen) atoms. The third-order valence-corrected chi connectivity index (χ3v) is 5.11. The Balaban J connectivity index is 1.48. The molecule has 1 N–H and O–H groups in total. The lowest BCUT2D eigenvalue weighted by molar-refractivity contribution is -0.118. The number of hydrogen-bond donors (Lipinski definition) is 1. The Kier molecular flexibility index (Phi) is 5.06. The molecule has 1 aromatic heterocycles. The maximum atomic E-state index is 13.4. The van der Waals surface area contributed by atoms with E-state index in [0.717, 1.165) is 0 Å². The van der Waals surface area contributed by atoms with E-state index in [1.54, 1.807) is 30.3 Å². The molecule has 9 heteroatoms. The minimum atomic E-state index is -0.661. The molecule has 1 amide bonds. The minimum Gasteiger partial charge on any atom is -0.482 e. The Morgan fingerprint density at radius 2 is 1.88 bits per heavy atom. The van der Waals surface area contributed by atoms with Crippen LogP contribution in [0.25, 0.3) is 16.6 Å². The van der Waals surface area contributed by atoms with E-state index in [1.165, 1.54) is 41.0 Å². The van der Waals surface area contributed by atoms with E-state index >= 15 is 0 Å². The van der Waals surface area contributed by atoms with Gasteiger partial charge in [-0.05, 0) is 54.6 Å². The van der Waals surface area contributed by atoms with Crippen LogP contribution in [0.1, 0.15) is 16.2 Å². The van der Waals surface area contributed by atoms with Gasteiger partial charge in [-0.3, -0.25) is 14.2 Å². The molecular weight excluding hydrogens is 429 g/mol. The molecular formula is C24H16FN3O5. The predicted octanol–water partition coefficient (Wildman–Crippen LogP) is 3.21. The van der Waals surface area contributed by atoms with Crippen LogP contribution in [0.15, 0.2) is 71.5 Å². The van der Waals surface area contributed by atoms with Crippen LogP contribution in [0.3, 0.4) is 0 Å². The second-order valence-electron chi connectivity index (χ2n) is 7.29. The number of hydrogen-bond acceptors (Lipinski definition) is 6. The maximum Gasteiger partial charge on any atom is 0.338 e. The monoisotopic (exact) mass is 445 g/mol. The van der Waals surface area contributed by atoms with Gasteiger partial charge >= 0.3 is 5.97 Å². The number of esters is 1. The molecule has 0 aliphatic carbocycles. The summed E-state index contributed by atoms with van der Waals surface area (Å²) in [6, 6.07) is 16.7. The molecule has 5 rings (SSSR count). The molecule has 0 bridgehead atoms. The molecule has 3 aromatic carbocycles. The lowest BCUT2D eigenvalue weighted by atomic mass is 10.1. The van der Waals surface area contributed by atoms with Crippen LogP contribution in [0.5, 0.6) is 5.75 Å². The highest BCUT2D eigenvalue weighted by atomic mass is 19.1. The summed E-state index contributed by atoms with van der Waals surface area (Å²) < 4.78 is 25.5. The van der Waals surface area contributed by atoms with Gasteiger partial charge in [0.25, 0.3) is 11.5 Å². The molecule has 0 saturated heterocycles. The summed E-state index contributed by atoms with van der Waals surface area (Å²) in [6.45, 7) is -0.443.